The number of hydrogen-bond donors (Lipinski definition) is 7. The lowest BCUT2D eigenvalue weighted by Gasteiger charge is -2.17. The molecule has 7 N–H and O–H groups in total. The smallest absolute Gasteiger partial charge is 0.387 e. The lowest BCUT2D eigenvalue weighted by molar-refractivity contribution is -0.121. The number of carbonyl (C=O) groups excluding carboxylic acids is 1. The summed E-state index contributed by atoms with van der Waals surface area (Å²) in [6, 6.07) is -0.719. The molecule has 1 fully saturated rings. The third-order valence-electron chi connectivity index (χ3n) is 5.03. The number of nitrogens with zero attached hydrogens (tertiary/aromatic N) is 3. The van der Waals surface area contributed by atoms with Crippen molar-refractivity contribution in [2.75, 3.05) is 18.5 Å². The molecule has 0 bridgehead atoms. The minimum Gasteiger partial charge on any atom is -0.387 e. The zero-order chi connectivity index (χ0) is 24.3. The molecule has 16 heteroatoms. The summed E-state index contributed by atoms with van der Waals surface area (Å²) in [5.41, 5.74) is -0.706. The third-order valence-corrected chi connectivity index (χ3v) is 5.51. The quantitative estimate of drug-likeness (QED) is 0.150. The van der Waals surface area contributed by atoms with Crippen molar-refractivity contribution >= 4 is 30.8 Å². The largest absolute Gasteiger partial charge is 0.469 e. The molecular formula is C17H27N6O9P. The van der Waals surface area contributed by atoms with Gasteiger partial charge in [0.05, 0.1) is 12.9 Å². The number of imidazole rings is 1. The van der Waals surface area contributed by atoms with Gasteiger partial charge < -0.3 is 35.4 Å². The lowest BCUT2D eigenvalue weighted by Crippen LogP contribution is -2.38. The van der Waals surface area contributed by atoms with Crippen molar-refractivity contribution in [2.45, 2.75) is 57.3 Å². The maximum absolute atomic E-state index is 12.4. The molecule has 1 aliphatic rings. The number of hydrogen-bond acceptors (Lipinski definition) is 10. The standard InChI is InChI=1S/C17H27N6O9P/c1-3-4-5-18-14(26)8(2)20-17-21-13-10(15(27)22-17)19-7-23(13)16-12(25)11(24)9(32-16)6-31-33(28,29)30/h7-9,11-12,16,24-25H,3-6H2,1-2H3,(H,18,26)(H2,28,29,30)(H2,20,21,22,27)/t8?,9-,11?,12?,16-/m1/s1. The van der Waals surface area contributed by atoms with Crippen LogP contribution in [0.2, 0.25) is 0 Å². The molecule has 3 unspecified atom stereocenters. The highest BCUT2D eigenvalue weighted by molar-refractivity contribution is 7.46. The van der Waals surface area contributed by atoms with E-state index >= 15 is 0 Å². The van der Waals surface area contributed by atoms with E-state index in [1.807, 2.05) is 6.92 Å². The predicted molar refractivity (Wildman–Crippen MR) is 113 cm³/mol. The highest BCUT2D eigenvalue weighted by atomic mass is 31.2. The highest BCUT2D eigenvalue weighted by Gasteiger charge is 2.45. The first kappa shape index (κ1) is 25.2. The average Bonchev–Trinajstić information content (AvgIpc) is 3.28. The van der Waals surface area contributed by atoms with Crippen molar-refractivity contribution in [2.24, 2.45) is 0 Å². The minimum atomic E-state index is -4.82. The van der Waals surface area contributed by atoms with Gasteiger partial charge in [0.1, 0.15) is 24.4 Å². The summed E-state index contributed by atoms with van der Waals surface area (Å²) in [4.78, 5) is 53.0. The average molecular weight is 490 g/mol. The molecule has 0 aliphatic carbocycles. The molecule has 3 rings (SSSR count). The van der Waals surface area contributed by atoms with Gasteiger partial charge in [0.15, 0.2) is 17.4 Å². The van der Waals surface area contributed by atoms with Crippen LogP contribution in [0.25, 0.3) is 11.2 Å². The number of rotatable bonds is 10. The van der Waals surface area contributed by atoms with Crippen molar-refractivity contribution in [1.29, 1.82) is 0 Å². The zero-order valence-electron chi connectivity index (χ0n) is 17.9. The fourth-order valence-electron chi connectivity index (χ4n) is 3.26. The Bertz CT molecular complexity index is 1080. The summed E-state index contributed by atoms with van der Waals surface area (Å²) in [6.07, 6.45) is -2.68. The highest BCUT2D eigenvalue weighted by Crippen LogP contribution is 2.38. The summed E-state index contributed by atoms with van der Waals surface area (Å²) < 4.78 is 22.0. The van der Waals surface area contributed by atoms with E-state index in [1.165, 1.54) is 10.9 Å². The molecule has 15 nitrogen and oxygen atoms in total. The molecule has 1 saturated heterocycles. The van der Waals surface area contributed by atoms with Gasteiger partial charge in [-0.25, -0.2) is 9.55 Å². The number of phosphoric ester groups is 1. The van der Waals surface area contributed by atoms with E-state index in [0.29, 0.717) is 6.54 Å². The van der Waals surface area contributed by atoms with Crippen LogP contribution in [0.15, 0.2) is 11.1 Å². The van der Waals surface area contributed by atoms with Crippen LogP contribution in [0.1, 0.15) is 32.9 Å². The SMILES string of the molecule is CCCCNC(=O)C(C)Nc1nc2c(ncn2[C@@H]2O[C@H](COP(=O)(O)O)C(O)C2O)c(=O)[nH]1. The second kappa shape index (κ2) is 10.3. The first-order valence-electron chi connectivity index (χ1n) is 10.2. The molecule has 0 saturated carbocycles. The Balaban J connectivity index is 1.81. The Morgan fingerprint density at radius 1 is 1.39 bits per heavy atom. The molecule has 2 aromatic rings. The van der Waals surface area contributed by atoms with Gasteiger partial charge in [0.25, 0.3) is 5.56 Å². The number of fused-ring (bicyclic) bond motifs is 1. The molecule has 1 amide bonds. The normalized spacial score (nSPS) is 24.2. The van der Waals surface area contributed by atoms with Crippen LogP contribution in [0, 0.1) is 0 Å². The maximum Gasteiger partial charge on any atom is 0.469 e. The summed E-state index contributed by atoms with van der Waals surface area (Å²) >= 11 is 0. The van der Waals surface area contributed by atoms with E-state index in [0.717, 1.165) is 12.8 Å². The number of aromatic amines is 1. The molecular weight excluding hydrogens is 463 g/mol. The van der Waals surface area contributed by atoms with E-state index in [4.69, 9.17) is 14.5 Å². The van der Waals surface area contributed by atoms with E-state index in [9.17, 15) is 24.4 Å². The first-order chi connectivity index (χ1) is 15.5. The number of amides is 1. The number of carbonyl (C=O) groups is 1. The predicted octanol–water partition coefficient (Wildman–Crippen LogP) is -1.44. The molecule has 1 aliphatic heterocycles. The van der Waals surface area contributed by atoms with Gasteiger partial charge in [-0.1, -0.05) is 13.3 Å². The van der Waals surface area contributed by atoms with E-state index in [2.05, 4.69) is 30.1 Å². The molecule has 33 heavy (non-hydrogen) atoms. The number of aromatic nitrogens is 4. The number of anilines is 1. The van der Waals surface area contributed by atoms with Gasteiger partial charge >= 0.3 is 7.82 Å². The molecule has 0 aromatic carbocycles. The Morgan fingerprint density at radius 3 is 2.79 bits per heavy atom. The van der Waals surface area contributed by atoms with E-state index in [-0.39, 0.29) is 23.0 Å². The second-order valence-corrected chi connectivity index (χ2v) is 8.82. The van der Waals surface area contributed by atoms with E-state index in [1.54, 1.807) is 6.92 Å². The van der Waals surface area contributed by atoms with Crippen LogP contribution in [-0.4, -0.2) is 82.9 Å². The van der Waals surface area contributed by atoms with Gasteiger partial charge in [-0.3, -0.25) is 23.7 Å². The topological polar surface area (TPSA) is 221 Å². The Morgan fingerprint density at radius 2 is 2.12 bits per heavy atom. The Kier molecular flexibility index (Phi) is 7.84. The number of nitrogens with one attached hydrogen (secondary N) is 3. The van der Waals surface area contributed by atoms with Gasteiger partial charge in [0, 0.05) is 6.54 Å². The molecule has 0 radical (unpaired) electrons. The number of ether oxygens (including phenoxy) is 1. The van der Waals surface area contributed by atoms with Crippen LogP contribution in [0.5, 0.6) is 0 Å². The summed E-state index contributed by atoms with van der Waals surface area (Å²) in [6.45, 7) is 3.42. The number of aliphatic hydroxyl groups is 2. The van der Waals surface area contributed by atoms with Crippen molar-refractivity contribution in [3.05, 3.63) is 16.7 Å². The van der Waals surface area contributed by atoms with Crippen LogP contribution < -0.4 is 16.2 Å². The number of aliphatic hydroxyl groups excluding tert-OH is 2. The van der Waals surface area contributed by atoms with Crippen LogP contribution in [0.4, 0.5) is 5.95 Å². The van der Waals surface area contributed by atoms with Crippen molar-refractivity contribution in [3.8, 4) is 0 Å². The molecule has 2 aromatic heterocycles. The number of unbranched alkanes of at least 4 members (excludes halogenated alkanes) is 1. The second-order valence-electron chi connectivity index (χ2n) is 7.58. The Hall–Kier alpha value is -2.39. The Labute approximate surface area is 187 Å². The van der Waals surface area contributed by atoms with Gasteiger partial charge in [-0.2, -0.15) is 4.98 Å². The minimum absolute atomic E-state index is 0.00681. The maximum atomic E-state index is 12.4. The number of H-pyrrole nitrogens is 1. The number of phosphoric acid groups is 1. The molecule has 184 valence electrons. The summed E-state index contributed by atoms with van der Waals surface area (Å²) in [5.74, 6) is -0.313. The molecule has 5 atom stereocenters. The monoisotopic (exact) mass is 490 g/mol. The van der Waals surface area contributed by atoms with Crippen molar-refractivity contribution in [1.82, 2.24) is 24.8 Å². The fraction of sp³-hybridized carbons (Fsp3) is 0.647. The van der Waals surface area contributed by atoms with Gasteiger partial charge in [-0.15, -0.1) is 0 Å². The molecule has 0 spiro atoms. The van der Waals surface area contributed by atoms with Crippen LogP contribution >= 0.6 is 7.82 Å². The zero-order valence-corrected chi connectivity index (χ0v) is 18.8. The third kappa shape index (κ3) is 5.95. The van der Waals surface area contributed by atoms with Crippen LogP contribution in [0.3, 0.4) is 0 Å². The summed E-state index contributed by atoms with van der Waals surface area (Å²) in [5, 5.41) is 26.1. The molecule has 3 heterocycles. The van der Waals surface area contributed by atoms with Gasteiger partial charge in [-0.05, 0) is 13.3 Å². The van der Waals surface area contributed by atoms with E-state index < -0.39 is 50.6 Å². The van der Waals surface area contributed by atoms with Crippen molar-refractivity contribution in [3.63, 3.8) is 0 Å². The first-order valence-corrected chi connectivity index (χ1v) is 11.8. The van der Waals surface area contributed by atoms with Crippen molar-refractivity contribution < 1.29 is 38.6 Å². The van der Waals surface area contributed by atoms with Gasteiger partial charge in [0.2, 0.25) is 11.9 Å². The fourth-order valence-corrected chi connectivity index (χ4v) is 3.60. The van der Waals surface area contributed by atoms with Crippen LogP contribution in [-0.2, 0) is 18.6 Å². The summed E-state index contributed by atoms with van der Waals surface area (Å²) in [7, 11) is -4.82. The lowest BCUT2D eigenvalue weighted by atomic mass is 10.1.